The maximum absolute atomic E-state index is 13.6. The molecule has 1 aromatic heterocycles. The predicted molar refractivity (Wildman–Crippen MR) is 136 cm³/mol. The molecule has 36 heavy (non-hydrogen) atoms. The zero-order chi connectivity index (χ0) is 25.2. The molecule has 1 atom stereocenters. The SMILES string of the molecule is N#Cc1cccnc1N1CCCN(C(=O)C(Cc2ccccc2)NC(=O)OCc2ccccc2)CC1. The van der Waals surface area contributed by atoms with Crippen molar-refractivity contribution in [2.24, 2.45) is 0 Å². The number of hydrogen-bond acceptors (Lipinski definition) is 6. The lowest BCUT2D eigenvalue weighted by molar-refractivity contribution is -0.133. The van der Waals surface area contributed by atoms with E-state index in [1.165, 1.54) is 0 Å². The van der Waals surface area contributed by atoms with Crippen molar-refractivity contribution in [3.8, 4) is 6.07 Å². The first-order chi connectivity index (χ1) is 17.6. The van der Waals surface area contributed by atoms with E-state index < -0.39 is 12.1 Å². The lowest BCUT2D eigenvalue weighted by Crippen LogP contribution is -2.50. The molecule has 0 radical (unpaired) electrons. The first-order valence-electron chi connectivity index (χ1n) is 12.0. The third kappa shape index (κ3) is 6.60. The molecule has 0 bridgehead atoms. The van der Waals surface area contributed by atoms with E-state index in [0.717, 1.165) is 17.5 Å². The monoisotopic (exact) mass is 483 g/mol. The lowest BCUT2D eigenvalue weighted by atomic mass is 10.0. The summed E-state index contributed by atoms with van der Waals surface area (Å²) < 4.78 is 5.39. The van der Waals surface area contributed by atoms with Crippen LogP contribution in [0.2, 0.25) is 0 Å². The van der Waals surface area contributed by atoms with Crippen LogP contribution in [0.15, 0.2) is 79.0 Å². The number of amides is 2. The van der Waals surface area contributed by atoms with Gasteiger partial charge >= 0.3 is 6.09 Å². The highest BCUT2D eigenvalue weighted by Crippen LogP contribution is 2.19. The van der Waals surface area contributed by atoms with Gasteiger partial charge in [0, 0.05) is 38.8 Å². The molecule has 2 aromatic carbocycles. The summed E-state index contributed by atoms with van der Waals surface area (Å²) in [5, 5.41) is 12.2. The molecule has 4 rings (SSSR count). The molecule has 1 aliphatic rings. The topological polar surface area (TPSA) is 98.6 Å². The number of pyridine rings is 1. The summed E-state index contributed by atoms with van der Waals surface area (Å²) >= 11 is 0. The highest BCUT2D eigenvalue weighted by Gasteiger charge is 2.29. The van der Waals surface area contributed by atoms with Crippen molar-refractivity contribution in [1.82, 2.24) is 15.2 Å². The zero-order valence-electron chi connectivity index (χ0n) is 20.0. The van der Waals surface area contributed by atoms with E-state index in [1.807, 2.05) is 65.6 Å². The summed E-state index contributed by atoms with van der Waals surface area (Å²) in [5.74, 6) is 0.483. The highest BCUT2D eigenvalue weighted by atomic mass is 16.5. The van der Waals surface area contributed by atoms with Crippen LogP contribution in [-0.2, 0) is 22.6 Å². The van der Waals surface area contributed by atoms with Gasteiger partial charge in [0.1, 0.15) is 24.5 Å². The Balaban J connectivity index is 1.43. The largest absolute Gasteiger partial charge is 0.445 e. The molecule has 184 valence electrons. The molecule has 1 saturated heterocycles. The van der Waals surface area contributed by atoms with Crippen LogP contribution in [0.5, 0.6) is 0 Å². The van der Waals surface area contributed by atoms with E-state index in [0.29, 0.717) is 44.0 Å². The maximum atomic E-state index is 13.6. The molecule has 8 nitrogen and oxygen atoms in total. The number of benzene rings is 2. The molecule has 0 spiro atoms. The van der Waals surface area contributed by atoms with E-state index in [1.54, 1.807) is 23.2 Å². The second-order valence-corrected chi connectivity index (χ2v) is 8.60. The lowest BCUT2D eigenvalue weighted by Gasteiger charge is -2.27. The van der Waals surface area contributed by atoms with Crippen LogP contribution in [0.1, 0.15) is 23.1 Å². The first-order valence-corrected chi connectivity index (χ1v) is 12.0. The second-order valence-electron chi connectivity index (χ2n) is 8.60. The van der Waals surface area contributed by atoms with E-state index >= 15 is 0 Å². The van der Waals surface area contributed by atoms with Crippen LogP contribution in [-0.4, -0.2) is 54.1 Å². The number of alkyl carbamates (subject to hydrolysis) is 1. The molecule has 0 aliphatic carbocycles. The number of anilines is 1. The van der Waals surface area contributed by atoms with Crippen molar-refractivity contribution in [1.29, 1.82) is 5.26 Å². The number of nitriles is 1. The average Bonchev–Trinajstić information content (AvgIpc) is 3.18. The third-order valence-electron chi connectivity index (χ3n) is 6.10. The highest BCUT2D eigenvalue weighted by molar-refractivity contribution is 5.86. The maximum Gasteiger partial charge on any atom is 0.408 e. The standard InChI is InChI=1S/C28H29N5O3/c29-20-24-13-7-14-30-26(24)32-15-8-16-33(18-17-32)27(34)25(19-22-9-3-1-4-10-22)31-28(35)36-21-23-11-5-2-6-12-23/h1-7,9-14,25H,8,15-19,21H2,(H,31,35). The van der Waals surface area contributed by atoms with Crippen LogP contribution >= 0.6 is 0 Å². The van der Waals surface area contributed by atoms with Crippen LogP contribution in [0, 0.1) is 11.3 Å². The Morgan fingerprint density at radius 2 is 1.67 bits per heavy atom. The molecule has 8 heteroatoms. The van der Waals surface area contributed by atoms with Crippen molar-refractivity contribution in [3.63, 3.8) is 0 Å². The molecule has 1 fully saturated rings. The molecule has 2 amide bonds. The number of nitrogens with one attached hydrogen (secondary N) is 1. The van der Waals surface area contributed by atoms with E-state index in [4.69, 9.17) is 4.74 Å². The number of nitrogens with zero attached hydrogens (tertiary/aromatic N) is 4. The van der Waals surface area contributed by atoms with Crippen molar-refractivity contribution in [2.45, 2.75) is 25.5 Å². The Morgan fingerprint density at radius 3 is 2.39 bits per heavy atom. The molecular weight excluding hydrogens is 454 g/mol. The fraction of sp³-hybridized carbons (Fsp3) is 0.286. The van der Waals surface area contributed by atoms with Gasteiger partial charge < -0.3 is 19.9 Å². The third-order valence-corrected chi connectivity index (χ3v) is 6.10. The number of aromatic nitrogens is 1. The normalized spacial score (nSPS) is 14.3. The number of ether oxygens (including phenoxy) is 1. The summed E-state index contributed by atoms with van der Waals surface area (Å²) in [5.41, 5.74) is 2.34. The summed E-state index contributed by atoms with van der Waals surface area (Å²) in [6, 6.07) is 23.9. The number of carbonyl (C=O) groups excluding carboxylic acids is 2. The van der Waals surface area contributed by atoms with Crippen molar-refractivity contribution < 1.29 is 14.3 Å². The van der Waals surface area contributed by atoms with Gasteiger partial charge in [-0.05, 0) is 29.7 Å². The Bertz CT molecular complexity index is 1200. The Morgan fingerprint density at radius 1 is 0.944 bits per heavy atom. The summed E-state index contributed by atoms with van der Waals surface area (Å²) in [6.07, 6.45) is 2.13. The minimum atomic E-state index is -0.758. The smallest absolute Gasteiger partial charge is 0.408 e. The van der Waals surface area contributed by atoms with Gasteiger partial charge in [-0.15, -0.1) is 0 Å². The number of carbonyl (C=O) groups is 2. The number of hydrogen-bond donors (Lipinski definition) is 1. The molecule has 1 N–H and O–H groups in total. The van der Waals surface area contributed by atoms with Gasteiger partial charge in [-0.1, -0.05) is 60.7 Å². The fourth-order valence-corrected chi connectivity index (χ4v) is 4.26. The Labute approximate surface area is 211 Å². The summed E-state index contributed by atoms with van der Waals surface area (Å²) in [6.45, 7) is 2.38. The van der Waals surface area contributed by atoms with Crippen molar-refractivity contribution in [2.75, 3.05) is 31.1 Å². The van der Waals surface area contributed by atoms with Gasteiger partial charge in [-0.25, -0.2) is 9.78 Å². The van der Waals surface area contributed by atoms with Crippen LogP contribution in [0.4, 0.5) is 10.6 Å². The van der Waals surface area contributed by atoms with Gasteiger partial charge in [0.25, 0.3) is 0 Å². The minimum absolute atomic E-state index is 0.128. The molecular formula is C28H29N5O3. The Hall–Kier alpha value is -4.38. The Kier molecular flexibility index (Phi) is 8.49. The minimum Gasteiger partial charge on any atom is -0.445 e. The van der Waals surface area contributed by atoms with Crippen LogP contribution in [0.3, 0.4) is 0 Å². The average molecular weight is 484 g/mol. The molecule has 1 aliphatic heterocycles. The quantitative estimate of drug-likeness (QED) is 0.552. The first kappa shape index (κ1) is 24.7. The van der Waals surface area contributed by atoms with Gasteiger partial charge in [0.2, 0.25) is 5.91 Å². The van der Waals surface area contributed by atoms with Gasteiger partial charge in [0.05, 0.1) is 5.56 Å². The summed E-state index contributed by atoms with van der Waals surface area (Å²) in [4.78, 5) is 34.4. The zero-order valence-corrected chi connectivity index (χ0v) is 20.0. The van der Waals surface area contributed by atoms with E-state index in [-0.39, 0.29) is 12.5 Å². The fourth-order valence-electron chi connectivity index (χ4n) is 4.26. The van der Waals surface area contributed by atoms with E-state index in [2.05, 4.69) is 16.4 Å². The second kappa shape index (κ2) is 12.4. The molecule has 2 heterocycles. The molecule has 0 saturated carbocycles. The van der Waals surface area contributed by atoms with Gasteiger partial charge in [-0.3, -0.25) is 4.79 Å². The van der Waals surface area contributed by atoms with Crippen molar-refractivity contribution in [3.05, 3.63) is 95.7 Å². The molecule has 3 aromatic rings. The van der Waals surface area contributed by atoms with Gasteiger partial charge in [-0.2, -0.15) is 5.26 Å². The van der Waals surface area contributed by atoms with E-state index in [9.17, 15) is 14.9 Å². The number of rotatable bonds is 7. The van der Waals surface area contributed by atoms with Crippen LogP contribution in [0.25, 0.3) is 0 Å². The van der Waals surface area contributed by atoms with Crippen molar-refractivity contribution >= 4 is 17.8 Å². The van der Waals surface area contributed by atoms with Gasteiger partial charge in [0.15, 0.2) is 0 Å². The molecule has 1 unspecified atom stereocenters. The van der Waals surface area contributed by atoms with Crippen LogP contribution < -0.4 is 10.2 Å². The summed E-state index contributed by atoms with van der Waals surface area (Å²) in [7, 11) is 0. The predicted octanol–water partition coefficient (Wildman–Crippen LogP) is 3.53.